The minimum Gasteiger partial charge on any atom is -0.401 e. The van der Waals surface area contributed by atoms with E-state index >= 15 is 0 Å². The Morgan fingerprint density at radius 2 is 2.67 bits per heavy atom. The van der Waals surface area contributed by atoms with Crippen molar-refractivity contribution in [3.63, 3.8) is 0 Å². The van der Waals surface area contributed by atoms with Crippen molar-refractivity contribution in [1.82, 2.24) is 5.32 Å². The van der Waals surface area contributed by atoms with E-state index in [4.69, 9.17) is 5.73 Å². The Bertz CT molecular complexity index is 75.6. The van der Waals surface area contributed by atoms with E-state index < -0.39 is 0 Å². The lowest BCUT2D eigenvalue weighted by Crippen LogP contribution is -1.96. The average molecular weight is 84.1 g/mol. The van der Waals surface area contributed by atoms with E-state index in [2.05, 4.69) is 5.32 Å². The average Bonchev–Trinajstić information content (AvgIpc) is 1.86. The molecule has 0 unspecified atom stereocenters. The molecule has 1 heterocycles. The van der Waals surface area contributed by atoms with Crippen LogP contribution in [-0.4, -0.2) is 6.54 Å². The summed E-state index contributed by atoms with van der Waals surface area (Å²) in [6, 6.07) is 0. The standard InChI is InChI=1S/C4H8N2/c5-4-1-2-6-3-4/h3,6H,1-2,5H2. The zero-order chi connectivity index (χ0) is 4.41. The maximum atomic E-state index is 5.33. The Hall–Kier alpha value is -0.660. The SMILES string of the molecule is NC1=CNCC1. The fraction of sp³-hybridized carbons (Fsp3) is 0.500. The van der Waals surface area contributed by atoms with Crippen LogP contribution >= 0.6 is 0 Å². The molecule has 1 aliphatic rings. The van der Waals surface area contributed by atoms with Crippen LogP contribution in [0.3, 0.4) is 0 Å². The summed E-state index contributed by atoms with van der Waals surface area (Å²) in [7, 11) is 0. The van der Waals surface area contributed by atoms with Gasteiger partial charge < -0.3 is 11.1 Å². The third kappa shape index (κ3) is 0.455. The maximum absolute atomic E-state index is 5.33. The molecule has 0 saturated carbocycles. The molecule has 0 aromatic rings. The zero-order valence-electron chi connectivity index (χ0n) is 3.57. The Morgan fingerprint density at radius 3 is 2.83 bits per heavy atom. The Labute approximate surface area is 37.0 Å². The first-order valence-electron chi connectivity index (χ1n) is 2.07. The van der Waals surface area contributed by atoms with E-state index in [0.29, 0.717) is 0 Å². The van der Waals surface area contributed by atoms with Crippen molar-refractivity contribution < 1.29 is 0 Å². The predicted octanol–water partition coefficient (Wildman–Crippen LogP) is -0.220. The molecular formula is C4H8N2. The topological polar surface area (TPSA) is 38.0 Å². The van der Waals surface area contributed by atoms with Crippen molar-refractivity contribution in [1.29, 1.82) is 0 Å². The summed E-state index contributed by atoms with van der Waals surface area (Å²) < 4.78 is 0. The fourth-order valence-electron chi connectivity index (χ4n) is 0.492. The van der Waals surface area contributed by atoms with Crippen LogP contribution in [0.1, 0.15) is 6.42 Å². The van der Waals surface area contributed by atoms with Crippen LogP contribution in [0.2, 0.25) is 0 Å². The van der Waals surface area contributed by atoms with Crippen molar-refractivity contribution in [2.45, 2.75) is 6.42 Å². The molecule has 0 spiro atoms. The van der Waals surface area contributed by atoms with Crippen molar-refractivity contribution in [2.75, 3.05) is 6.54 Å². The van der Waals surface area contributed by atoms with Crippen LogP contribution in [0.4, 0.5) is 0 Å². The third-order valence-electron chi connectivity index (χ3n) is 0.845. The van der Waals surface area contributed by atoms with Gasteiger partial charge in [-0.3, -0.25) is 0 Å². The van der Waals surface area contributed by atoms with E-state index in [1.807, 2.05) is 6.20 Å². The second-order valence-electron chi connectivity index (χ2n) is 1.42. The minimum absolute atomic E-state index is 0.968. The molecule has 0 fully saturated rings. The van der Waals surface area contributed by atoms with Gasteiger partial charge in [0.05, 0.1) is 0 Å². The fourth-order valence-corrected chi connectivity index (χ4v) is 0.492. The largest absolute Gasteiger partial charge is 0.401 e. The first kappa shape index (κ1) is 3.53. The molecule has 1 aliphatic heterocycles. The number of hydrogen-bond acceptors (Lipinski definition) is 2. The third-order valence-corrected chi connectivity index (χ3v) is 0.845. The molecule has 0 amide bonds. The Balaban J connectivity index is 2.45. The van der Waals surface area contributed by atoms with Gasteiger partial charge in [0.25, 0.3) is 0 Å². The Morgan fingerprint density at radius 1 is 1.83 bits per heavy atom. The van der Waals surface area contributed by atoms with Gasteiger partial charge in [0.2, 0.25) is 0 Å². The molecule has 0 aromatic heterocycles. The summed E-state index contributed by atoms with van der Waals surface area (Å²) in [4.78, 5) is 0. The van der Waals surface area contributed by atoms with Gasteiger partial charge in [-0.25, -0.2) is 0 Å². The van der Waals surface area contributed by atoms with Gasteiger partial charge in [0.1, 0.15) is 0 Å². The second kappa shape index (κ2) is 1.20. The van der Waals surface area contributed by atoms with E-state index in [0.717, 1.165) is 18.7 Å². The summed E-state index contributed by atoms with van der Waals surface area (Å²) in [6.45, 7) is 1.02. The summed E-state index contributed by atoms with van der Waals surface area (Å²) in [5.41, 5.74) is 6.30. The first-order valence-corrected chi connectivity index (χ1v) is 2.07. The minimum atomic E-state index is 0.968. The highest BCUT2D eigenvalue weighted by molar-refractivity contribution is 5.00. The second-order valence-corrected chi connectivity index (χ2v) is 1.42. The lowest BCUT2D eigenvalue weighted by atomic mass is 10.4. The van der Waals surface area contributed by atoms with Crippen molar-refractivity contribution in [3.05, 3.63) is 11.9 Å². The van der Waals surface area contributed by atoms with Crippen molar-refractivity contribution >= 4 is 0 Å². The van der Waals surface area contributed by atoms with Gasteiger partial charge in [-0.2, -0.15) is 0 Å². The normalized spacial score (nSPS) is 19.7. The van der Waals surface area contributed by atoms with Crippen LogP contribution in [0.5, 0.6) is 0 Å². The highest BCUT2D eigenvalue weighted by atomic mass is 14.9. The summed E-state index contributed by atoms with van der Waals surface area (Å²) in [5.74, 6) is 0. The molecular weight excluding hydrogens is 76.1 g/mol. The zero-order valence-corrected chi connectivity index (χ0v) is 3.57. The number of hydrogen-bond donors (Lipinski definition) is 2. The van der Waals surface area contributed by atoms with E-state index in [1.54, 1.807) is 0 Å². The lowest BCUT2D eigenvalue weighted by Gasteiger charge is -1.80. The van der Waals surface area contributed by atoms with Crippen LogP contribution in [0.25, 0.3) is 0 Å². The van der Waals surface area contributed by atoms with Gasteiger partial charge in [-0.05, 0) is 0 Å². The van der Waals surface area contributed by atoms with Crippen LogP contribution < -0.4 is 11.1 Å². The van der Waals surface area contributed by atoms with Crippen molar-refractivity contribution in [3.8, 4) is 0 Å². The molecule has 1 rings (SSSR count). The molecule has 0 bridgehead atoms. The van der Waals surface area contributed by atoms with Crippen LogP contribution in [0, 0.1) is 0 Å². The molecule has 0 saturated heterocycles. The molecule has 2 nitrogen and oxygen atoms in total. The van der Waals surface area contributed by atoms with Gasteiger partial charge in [-0.15, -0.1) is 0 Å². The first-order chi connectivity index (χ1) is 2.89. The summed E-state index contributed by atoms with van der Waals surface area (Å²) in [6.07, 6.45) is 2.86. The predicted molar refractivity (Wildman–Crippen MR) is 24.9 cm³/mol. The quantitative estimate of drug-likeness (QED) is 0.426. The highest BCUT2D eigenvalue weighted by Gasteiger charge is 1.94. The van der Waals surface area contributed by atoms with Gasteiger partial charge >= 0.3 is 0 Å². The van der Waals surface area contributed by atoms with E-state index in [-0.39, 0.29) is 0 Å². The van der Waals surface area contributed by atoms with Gasteiger partial charge in [0, 0.05) is 24.9 Å². The number of rotatable bonds is 0. The van der Waals surface area contributed by atoms with Gasteiger partial charge in [-0.1, -0.05) is 0 Å². The van der Waals surface area contributed by atoms with Crippen LogP contribution in [0.15, 0.2) is 11.9 Å². The Kier molecular flexibility index (Phi) is 0.708. The molecule has 3 N–H and O–H groups in total. The molecule has 6 heavy (non-hydrogen) atoms. The monoisotopic (exact) mass is 84.1 g/mol. The van der Waals surface area contributed by atoms with Crippen molar-refractivity contribution in [2.24, 2.45) is 5.73 Å². The summed E-state index contributed by atoms with van der Waals surface area (Å²) >= 11 is 0. The lowest BCUT2D eigenvalue weighted by molar-refractivity contribution is 0.901. The molecule has 2 heteroatoms. The van der Waals surface area contributed by atoms with E-state index in [1.165, 1.54) is 0 Å². The molecule has 0 aliphatic carbocycles. The highest BCUT2D eigenvalue weighted by Crippen LogP contribution is 1.93. The molecule has 0 aromatic carbocycles. The van der Waals surface area contributed by atoms with Crippen LogP contribution in [-0.2, 0) is 0 Å². The number of nitrogens with one attached hydrogen (secondary N) is 1. The smallest absolute Gasteiger partial charge is 0.0258 e. The summed E-state index contributed by atoms with van der Waals surface area (Å²) in [5, 5.41) is 2.98. The van der Waals surface area contributed by atoms with E-state index in [9.17, 15) is 0 Å². The number of nitrogens with two attached hydrogens (primary N) is 1. The molecule has 34 valence electrons. The maximum Gasteiger partial charge on any atom is 0.0258 e. The molecule has 0 atom stereocenters. The van der Waals surface area contributed by atoms with Gasteiger partial charge in [0.15, 0.2) is 0 Å². The molecule has 0 radical (unpaired) electrons.